The Balaban J connectivity index is 2.24. The van der Waals surface area contributed by atoms with Crippen molar-refractivity contribution in [2.45, 2.75) is 11.3 Å². The molecule has 12 heavy (non-hydrogen) atoms. The molecule has 0 amide bonds. The lowest BCUT2D eigenvalue weighted by molar-refractivity contribution is 0.437. The molecule has 0 spiro atoms. The molecule has 0 fully saturated rings. The van der Waals surface area contributed by atoms with Gasteiger partial charge in [0, 0.05) is 12.3 Å². The maximum Gasteiger partial charge on any atom is 0.170 e. The van der Waals surface area contributed by atoms with Crippen molar-refractivity contribution < 1.29 is 0 Å². The number of hydrogen-bond acceptors (Lipinski definition) is 5. The van der Waals surface area contributed by atoms with E-state index in [1.54, 1.807) is 11.8 Å². The van der Waals surface area contributed by atoms with Gasteiger partial charge in [0.15, 0.2) is 4.34 Å². The Morgan fingerprint density at radius 1 is 1.50 bits per heavy atom. The summed E-state index contributed by atoms with van der Waals surface area (Å²) in [4.78, 5) is 6.43. The number of aromatic nitrogens is 2. The molecule has 0 aliphatic heterocycles. The molecule has 68 valence electrons. The summed E-state index contributed by atoms with van der Waals surface area (Å²) in [5.41, 5.74) is 0. The van der Waals surface area contributed by atoms with Crippen LogP contribution in [0.1, 0.15) is 5.82 Å². The van der Waals surface area contributed by atoms with Gasteiger partial charge in [-0.25, -0.2) is 4.98 Å². The molecule has 0 saturated heterocycles. The monoisotopic (exact) mass is 203 g/mol. The first-order chi connectivity index (χ1) is 5.68. The van der Waals surface area contributed by atoms with Gasteiger partial charge in [-0.15, -0.1) is 0 Å². The molecule has 0 unspecified atom stereocenters. The molecule has 1 heterocycles. The highest BCUT2D eigenvalue weighted by Gasteiger charge is 2.00. The van der Waals surface area contributed by atoms with E-state index < -0.39 is 0 Å². The molecule has 0 N–H and O–H groups in total. The molecule has 0 radical (unpaired) electrons. The lowest BCUT2D eigenvalue weighted by atomic mass is 10.7. The van der Waals surface area contributed by atoms with E-state index in [9.17, 15) is 0 Å². The average molecular weight is 203 g/mol. The van der Waals surface area contributed by atoms with Crippen molar-refractivity contribution >= 4 is 23.3 Å². The van der Waals surface area contributed by atoms with Crippen LogP contribution in [0.15, 0.2) is 4.34 Å². The molecule has 0 aliphatic carbocycles. The second-order valence-electron chi connectivity index (χ2n) is 2.76. The topological polar surface area (TPSA) is 29.0 Å². The lowest BCUT2D eigenvalue weighted by Gasteiger charge is -2.06. The second-order valence-corrected chi connectivity index (χ2v) is 4.85. The third-order valence-corrected chi connectivity index (χ3v) is 3.18. The Bertz CT molecular complexity index is 234. The van der Waals surface area contributed by atoms with Gasteiger partial charge in [-0.2, -0.15) is 4.37 Å². The number of nitrogens with zero attached hydrogens (tertiary/aromatic N) is 3. The first kappa shape index (κ1) is 9.95. The molecule has 1 rings (SSSR count). The number of aryl methyl sites for hydroxylation is 1. The standard InChI is InChI=1S/C7H13N3S2/c1-6-8-7(12-9-6)11-5-4-10(2)3/h4-5H2,1-3H3. The van der Waals surface area contributed by atoms with Crippen molar-refractivity contribution in [2.24, 2.45) is 0 Å². The highest BCUT2D eigenvalue weighted by molar-refractivity contribution is 8.00. The molecular weight excluding hydrogens is 190 g/mol. The van der Waals surface area contributed by atoms with Crippen molar-refractivity contribution in [1.29, 1.82) is 0 Å². The van der Waals surface area contributed by atoms with E-state index in [0.29, 0.717) is 0 Å². The van der Waals surface area contributed by atoms with Crippen molar-refractivity contribution in [1.82, 2.24) is 14.3 Å². The fourth-order valence-corrected chi connectivity index (χ4v) is 2.48. The van der Waals surface area contributed by atoms with E-state index in [-0.39, 0.29) is 0 Å². The quantitative estimate of drug-likeness (QED) is 0.694. The molecule has 3 nitrogen and oxygen atoms in total. The predicted octanol–water partition coefficient (Wildman–Crippen LogP) is 1.50. The largest absolute Gasteiger partial charge is 0.309 e. The van der Waals surface area contributed by atoms with E-state index in [0.717, 1.165) is 22.5 Å². The SMILES string of the molecule is Cc1nsc(SCCN(C)C)n1. The summed E-state index contributed by atoms with van der Waals surface area (Å²) in [5, 5.41) is 0. The van der Waals surface area contributed by atoms with Gasteiger partial charge in [-0.05, 0) is 32.6 Å². The highest BCUT2D eigenvalue weighted by Crippen LogP contribution is 2.19. The minimum absolute atomic E-state index is 0.882. The molecule has 0 aromatic carbocycles. The van der Waals surface area contributed by atoms with Crippen LogP contribution < -0.4 is 0 Å². The number of hydrogen-bond donors (Lipinski definition) is 0. The van der Waals surface area contributed by atoms with Gasteiger partial charge >= 0.3 is 0 Å². The van der Waals surface area contributed by atoms with E-state index in [2.05, 4.69) is 28.4 Å². The van der Waals surface area contributed by atoms with Crippen LogP contribution in [-0.2, 0) is 0 Å². The molecule has 1 aromatic heterocycles. The third-order valence-electron chi connectivity index (χ3n) is 1.27. The van der Waals surface area contributed by atoms with Gasteiger partial charge in [0.05, 0.1) is 0 Å². The summed E-state index contributed by atoms with van der Waals surface area (Å²) in [6.45, 7) is 3.01. The van der Waals surface area contributed by atoms with E-state index in [1.807, 2.05) is 6.92 Å². The molecule has 0 atom stereocenters. The Morgan fingerprint density at radius 2 is 2.25 bits per heavy atom. The second kappa shape index (κ2) is 4.79. The molecule has 0 aliphatic rings. The first-order valence-corrected chi connectivity index (χ1v) is 5.52. The van der Waals surface area contributed by atoms with Gasteiger partial charge in [0.25, 0.3) is 0 Å². The minimum atomic E-state index is 0.882. The zero-order valence-electron chi connectivity index (χ0n) is 7.57. The van der Waals surface area contributed by atoms with Crippen LogP contribution in [-0.4, -0.2) is 40.7 Å². The van der Waals surface area contributed by atoms with Crippen molar-refractivity contribution in [3.63, 3.8) is 0 Å². The summed E-state index contributed by atoms with van der Waals surface area (Å²) >= 11 is 3.26. The maximum absolute atomic E-state index is 4.26. The Hall–Kier alpha value is -0.130. The summed E-state index contributed by atoms with van der Waals surface area (Å²) in [7, 11) is 4.15. The van der Waals surface area contributed by atoms with E-state index in [1.165, 1.54) is 11.5 Å². The van der Waals surface area contributed by atoms with Crippen LogP contribution >= 0.6 is 23.3 Å². The van der Waals surface area contributed by atoms with Crippen LogP contribution in [0, 0.1) is 6.92 Å². The molecule has 0 bridgehead atoms. The zero-order chi connectivity index (χ0) is 8.97. The molecule has 1 aromatic rings. The zero-order valence-corrected chi connectivity index (χ0v) is 9.21. The van der Waals surface area contributed by atoms with Crippen molar-refractivity contribution in [3.8, 4) is 0 Å². The molecule has 0 saturated carbocycles. The predicted molar refractivity (Wildman–Crippen MR) is 53.9 cm³/mol. The normalized spacial score (nSPS) is 11.0. The van der Waals surface area contributed by atoms with E-state index >= 15 is 0 Å². The highest BCUT2D eigenvalue weighted by atomic mass is 32.2. The summed E-state index contributed by atoms with van der Waals surface area (Å²) in [6.07, 6.45) is 0. The van der Waals surface area contributed by atoms with Crippen LogP contribution in [0.3, 0.4) is 0 Å². The van der Waals surface area contributed by atoms with Crippen LogP contribution in [0.4, 0.5) is 0 Å². The minimum Gasteiger partial charge on any atom is -0.309 e. The summed E-state index contributed by atoms with van der Waals surface area (Å²) < 4.78 is 5.19. The van der Waals surface area contributed by atoms with E-state index in [4.69, 9.17) is 0 Å². The van der Waals surface area contributed by atoms with Crippen molar-refractivity contribution in [2.75, 3.05) is 26.4 Å². The van der Waals surface area contributed by atoms with Gasteiger partial charge in [-0.3, -0.25) is 0 Å². The first-order valence-electron chi connectivity index (χ1n) is 3.76. The molecule has 5 heteroatoms. The van der Waals surface area contributed by atoms with Gasteiger partial charge < -0.3 is 4.90 Å². The van der Waals surface area contributed by atoms with Crippen molar-refractivity contribution in [3.05, 3.63) is 5.82 Å². The van der Waals surface area contributed by atoms with Crippen LogP contribution in [0.5, 0.6) is 0 Å². The molecular formula is C7H13N3S2. The Kier molecular flexibility index (Phi) is 3.97. The van der Waals surface area contributed by atoms with Gasteiger partial charge in [0.2, 0.25) is 0 Å². The van der Waals surface area contributed by atoms with Crippen LogP contribution in [0.2, 0.25) is 0 Å². The third kappa shape index (κ3) is 3.51. The Morgan fingerprint density at radius 3 is 2.75 bits per heavy atom. The maximum atomic E-state index is 4.26. The smallest absolute Gasteiger partial charge is 0.170 e. The lowest BCUT2D eigenvalue weighted by Crippen LogP contribution is -2.14. The number of rotatable bonds is 4. The average Bonchev–Trinajstić information content (AvgIpc) is 2.35. The van der Waals surface area contributed by atoms with Gasteiger partial charge in [0.1, 0.15) is 5.82 Å². The summed E-state index contributed by atoms with van der Waals surface area (Å²) in [6, 6.07) is 0. The Labute approximate surface area is 81.4 Å². The van der Waals surface area contributed by atoms with Crippen LogP contribution in [0.25, 0.3) is 0 Å². The van der Waals surface area contributed by atoms with Gasteiger partial charge in [-0.1, -0.05) is 11.8 Å². The fraction of sp³-hybridized carbons (Fsp3) is 0.714. The summed E-state index contributed by atoms with van der Waals surface area (Å²) in [5.74, 6) is 1.97. The number of thioether (sulfide) groups is 1. The fourth-order valence-electron chi connectivity index (χ4n) is 0.652.